The molecular weight excluding hydrogens is 250 g/mol. The quantitative estimate of drug-likeness (QED) is 0.678. The average molecular weight is 261 g/mol. The first kappa shape index (κ1) is 12.3. The lowest BCUT2D eigenvalue weighted by Gasteiger charge is -1.92. The van der Waals surface area contributed by atoms with Gasteiger partial charge in [0, 0.05) is 6.08 Å². The van der Waals surface area contributed by atoms with Crippen LogP contribution in [0.4, 0.5) is 5.13 Å². The highest BCUT2D eigenvalue weighted by atomic mass is 32.1. The van der Waals surface area contributed by atoms with E-state index in [2.05, 4.69) is 15.5 Å². The second-order valence-corrected chi connectivity index (χ2v) is 4.24. The van der Waals surface area contributed by atoms with E-state index < -0.39 is 0 Å². The van der Waals surface area contributed by atoms with E-state index in [1.165, 1.54) is 17.4 Å². The Hall–Kier alpha value is -2.21. The van der Waals surface area contributed by atoms with E-state index >= 15 is 0 Å². The number of furan rings is 1. The monoisotopic (exact) mass is 261 g/mol. The summed E-state index contributed by atoms with van der Waals surface area (Å²) in [5.74, 6) is 0.396. The van der Waals surface area contributed by atoms with Crippen molar-refractivity contribution in [2.45, 2.75) is 6.92 Å². The third-order valence-electron chi connectivity index (χ3n) is 1.94. The molecule has 0 saturated heterocycles. The van der Waals surface area contributed by atoms with E-state index in [1.807, 2.05) is 13.0 Å². The zero-order valence-electron chi connectivity index (χ0n) is 9.66. The number of hydrogen-bond donors (Lipinski definition) is 1. The Balaban J connectivity index is 2.01. The van der Waals surface area contributed by atoms with Gasteiger partial charge in [-0.2, -0.15) is 0 Å². The summed E-state index contributed by atoms with van der Waals surface area (Å²) in [6.45, 7) is 1.88. The van der Waals surface area contributed by atoms with E-state index in [-0.39, 0.29) is 5.91 Å². The number of allylic oxidation sites excluding steroid dienone is 3. The van der Waals surface area contributed by atoms with Crippen molar-refractivity contribution in [2.75, 3.05) is 5.32 Å². The molecule has 5 nitrogen and oxygen atoms in total. The maximum Gasteiger partial charge on any atom is 0.250 e. The predicted molar refractivity (Wildman–Crippen MR) is 70.2 cm³/mol. The number of carbonyl (C=O) groups is 1. The number of nitrogens with zero attached hydrogens (tertiary/aromatic N) is 2. The lowest BCUT2D eigenvalue weighted by atomic mass is 10.4. The second kappa shape index (κ2) is 5.92. The molecule has 0 bridgehead atoms. The molecule has 2 rings (SSSR count). The smallest absolute Gasteiger partial charge is 0.250 e. The van der Waals surface area contributed by atoms with Crippen molar-refractivity contribution in [1.82, 2.24) is 10.2 Å². The Bertz CT molecular complexity index is 570. The molecule has 0 unspecified atom stereocenters. The Kier molecular flexibility index (Phi) is 4.03. The minimum Gasteiger partial charge on any atom is -0.462 e. The molecular formula is C12H11N3O2S. The molecule has 1 amide bonds. The number of amides is 1. The van der Waals surface area contributed by atoms with Crippen molar-refractivity contribution >= 4 is 22.4 Å². The zero-order chi connectivity index (χ0) is 12.8. The molecule has 0 radical (unpaired) electrons. The number of carbonyl (C=O) groups excluding carboxylic acids is 1. The van der Waals surface area contributed by atoms with E-state index in [9.17, 15) is 4.79 Å². The van der Waals surface area contributed by atoms with Gasteiger partial charge in [0.2, 0.25) is 11.0 Å². The van der Waals surface area contributed by atoms with Gasteiger partial charge in [0.1, 0.15) is 0 Å². The average Bonchev–Trinajstić information content (AvgIpc) is 2.98. The molecule has 18 heavy (non-hydrogen) atoms. The first-order chi connectivity index (χ1) is 8.79. The highest BCUT2D eigenvalue weighted by Gasteiger charge is 2.09. The molecule has 0 atom stereocenters. The van der Waals surface area contributed by atoms with Gasteiger partial charge < -0.3 is 4.42 Å². The molecule has 1 N–H and O–H groups in total. The van der Waals surface area contributed by atoms with Crippen molar-refractivity contribution < 1.29 is 9.21 Å². The molecule has 0 aromatic carbocycles. The van der Waals surface area contributed by atoms with Gasteiger partial charge >= 0.3 is 0 Å². The van der Waals surface area contributed by atoms with Gasteiger partial charge in [-0.05, 0) is 19.1 Å². The molecule has 2 aromatic heterocycles. The molecule has 2 heterocycles. The van der Waals surface area contributed by atoms with Crippen LogP contribution in [0.15, 0.2) is 47.1 Å². The third-order valence-corrected chi connectivity index (χ3v) is 2.79. The number of nitrogens with one attached hydrogen (secondary N) is 1. The van der Waals surface area contributed by atoms with Gasteiger partial charge in [-0.1, -0.05) is 29.6 Å². The Morgan fingerprint density at radius 3 is 3.06 bits per heavy atom. The van der Waals surface area contributed by atoms with Crippen LogP contribution in [0.5, 0.6) is 0 Å². The summed E-state index contributed by atoms with van der Waals surface area (Å²) in [4.78, 5) is 11.5. The van der Waals surface area contributed by atoms with Crippen molar-refractivity contribution in [2.24, 2.45) is 0 Å². The van der Waals surface area contributed by atoms with Crippen LogP contribution in [0, 0.1) is 0 Å². The van der Waals surface area contributed by atoms with E-state index in [1.54, 1.807) is 30.5 Å². The van der Waals surface area contributed by atoms with E-state index in [0.29, 0.717) is 15.9 Å². The van der Waals surface area contributed by atoms with Crippen LogP contribution in [-0.2, 0) is 4.79 Å². The van der Waals surface area contributed by atoms with Crippen LogP contribution in [-0.4, -0.2) is 16.1 Å². The minimum atomic E-state index is -0.241. The van der Waals surface area contributed by atoms with Gasteiger partial charge in [0.15, 0.2) is 10.8 Å². The molecule has 0 saturated carbocycles. The summed E-state index contributed by atoms with van der Waals surface area (Å²) in [7, 11) is 0. The largest absolute Gasteiger partial charge is 0.462 e. The first-order valence-electron chi connectivity index (χ1n) is 5.27. The SMILES string of the molecule is C/C=C/C=C/C(=O)Nc1nnc(-c2ccco2)s1. The summed E-state index contributed by atoms with van der Waals surface area (Å²) in [5.41, 5.74) is 0. The lowest BCUT2D eigenvalue weighted by molar-refractivity contribution is -0.111. The van der Waals surface area contributed by atoms with Crippen LogP contribution in [0.1, 0.15) is 6.92 Å². The molecule has 0 fully saturated rings. The molecule has 0 aliphatic rings. The number of rotatable bonds is 4. The predicted octanol–water partition coefficient (Wildman–Crippen LogP) is 2.87. The molecule has 0 spiro atoms. The minimum absolute atomic E-state index is 0.241. The van der Waals surface area contributed by atoms with Crippen molar-refractivity contribution in [3.63, 3.8) is 0 Å². The van der Waals surface area contributed by atoms with Gasteiger partial charge in [-0.3, -0.25) is 10.1 Å². The van der Waals surface area contributed by atoms with Crippen LogP contribution >= 0.6 is 11.3 Å². The third kappa shape index (κ3) is 3.14. The first-order valence-corrected chi connectivity index (χ1v) is 6.09. The standard InChI is InChI=1S/C12H11N3O2S/c1-2-3-4-7-10(16)13-12-15-14-11(18-12)9-6-5-8-17-9/h2-8H,1H3,(H,13,15,16)/b3-2+,7-4+. The Labute approximate surface area is 108 Å². The normalized spacial score (nSPS) is 11.4. The van der Waals surface area contributed by atoms with Gasteiger partial charge in [0.05, 0.1) is 6.26 Å². The van der Waals surface area contributed by atoms with Gasteiger partial charge in [-0.15, -0.1) is 10.2 Å². The second-order valence-electron chi connectivity index (χ2n) is 3.26. The fraction of sp³-hybridized carbons (Fsp3) is 0.0833. The summed E-state index contributed by atoms with van der Waals surface area (Å²) in [6, 6.07) is 3.56. The Morgan fingerprint density at radius 1 is 1.44 bits per heavy atom. The lowest BCUT2D eigenvalue weighted by Crippen LogP contribution is -2.07. The summed E-state index contributed by atoms with van der Waals surface area (Å²) < 4.78 is 5.19. The van der Waals surface area contributed by atoms with Crippen LogP contribution in [0.3, 0.4) is 0 Å². The van der Waals surface area contributed by atoms with Crippen LogP contribution in [0.25, 0.3) is 10.8 Å². The highest BCUT2D eigenvalue weighted by molar-refractivity contribution is 7.18. The van der Waals surface area contributed by atoms with Crippen LogP contribution in [0.2, 0.25) is 0 Å². The van der Waals surface area contributed by atoms with Crippen LogP contribution < -0.4 is 5.32 Å². The number of hydrogen-bond acceptors (Lipinski definition) is 5. The maximum absolute atomic E-state index is 11.5. The molecule has 92 valence electrons. The fourth-order valence-electron chi connectivity index (χ4n) is 1.17. The highest BCUT2D eigenvalue weighted by Crippen LogP contribution is 2.26. The maximum atomic E-state index is 11.5. The Morgan fingerprint density at radius 2 is 2.33 bits per heavy atom. The van der Waals surface area contributed by atoms with E-state index in [4.69, 9.17) is 4.42 Å². The summed E-state index contributed by atoms with van der Waals surface area (Å²) >= 11 is 1.26. The van der Waals surface area contributed by atoms with Gasteiger partial charge in [-0.25, -0.2) is 0 Å². The van der Waals surface area contributed by atoms with Crippen molar-refractivity contribution in [3.05, 3.63) is 42.7 Å². The molecule has 6 heteroatoms. The topological polar surface area (TPSA) is 68.0 Å². The van der Waals surface area contributed by atoms with Crippen molar-refractivity contribution in [3.8, 4) is 10.8 Å². The van der Waals surface area contributed by atoms with Crippen molar-refractivity contribution in [1.29, 1.82) is 0 Å². The fourth-order valence-corrected chi connectivity index (χ4v) is 1.89. The molecule has 0 aliphatic heterocycles. The molecule has 0 aliphatic carbocycles. The summed E-state index contributed by atoms with van der Waals surface area (Å²) in [6.07, 6.45) is 8.25. The number of aromatic nitrogens is 2. The molecule has 2 aromatic rings. The van der Waals surface area contributed by atoms with Gasteiger partial charge in [0.25, 0.3) is 0 Å². The summed E-state index contributed by atoms with van der Waals surface area (Å²) in [5, 5.41) is 11.5. The number of anilines is 1. The zero-order valence-corrected chi connectivity index (χ0v) is 10.5. The van der Waals surface area contributed by atoms with E-state index in [0.717, 1.165) is 0 Å².